The van der Waals surface area contributed by atoms with Crippen LogP contribution in [0.15, 0.2) is 0 Å². The fourth-order valence-electron chi connectivity index (χ4n) is 1.34. The average molecular weight is 170 g/mol. The average Bonchev–Trinajstić information content (AvgIpc) is 1.93. The molecule has 0 heterocycles. The Bertz CT molecular complexity index is 148. The second-order valence-electron chi connectivity index (χ2n) is 3.90. The number of carbonyl (C=O) groups is 1. The maximum atomic E-state index is 11.2. The molecule has 0 aromatic rings. The smallest absolute Gasteiger partial charge is 0.158 e. The van der Waals surface area contributed by atoms with Crippen molar-refractivity contribution in [1.29, 1.82) is 0 Å². The first-order valence-electron chi connectivity index (χ1n) is 4.82. The summed E-state index contributed by atoms with van der Waals surface area (Å²) in [7, 11) is 0. The van der Waals surface area contributed by atoms with E-state index in [-0.39, 0.29) is 11.9 Å². The summed E-state index contributed by atoms with van der Waals surface area (Å²) in [6.45, 7) is 4.22. The molecular weight excluding hydrogens is 152 g/mol. The Morgan fingerprint density at radius 3 is 2.58 bits per heavy atom. The van der Waals surface area contributed by atoms with Gasteiger partial charge in [-0.25, -0.2) is 0 Å². The lowest BCUT2D eigenvalue weighted by Gasteiger charge is -2.24. The number of ketones is 1. The molecule has 1 rings (SSSR count). The van der Waals surface area contributed by atoms with Gasteiger partial charge < -0.3 is 4.74 Å². The van der Waals surface area contributed by atoms with E-state index in [0.29, 0.717) is 12.5 Å². The van der Waals surface area contributed by atoms with Gasteiger partial charge in [-0.3, -0.25) is 4.79 Å². The summed E-state index contributed by atoms with van der Waals surface area (Å²) in [6.07, 6.45) is 4.71. The molecule has 0 aliphatic heterocycles. The molecule has 1 aliphatic carbocycles. The highest BCUT2D eigenvalue weighted by Gasteiger charge is 2.20. The summed E-state index contributed by atoms with van der Waals surface area (Å²) < 4.78 is 5.22. The third-order valence-electron chi connectivity index (χ3n) is 2.32. The minimum atomic E-state index is 0.176. The lowest BCUT2D eigenvalue weighted by Crippen LogP contribution is -2.20. The van der Waals surface area contributed by atoms with E-state index in [1.165, 1.54) is 19.3 Å². The van der Waals surface area contributed by atoms with E-state index in [9.17, 15) is 4.79 Å². The van der Waals surface area contributed by atoms with Crippen LogP contribution in [0.3, 0.4) is 0 Å². The van der Waals surface area contributed by atoms with E-state index in [0.717, 1.165) is 6.42 Å². The summed E-state index contributed by atoms with van der Waals surface area (Å²) >= 11 is 0. The molecule has 0 aromatic carbocycles. The molecule has 0 N–H and O–H groups in total. The number of Topliss-reactive ketones (excluding diaryl/α,β-unsaturated/α-hetero) is 1. The van der Waals surface area contributed by atoms with E-state index in [4.69, 9.17) is 4.74 Å². The van der Waals surface area contributed by atoms with Gasteiger partial charge in [-0.05, 0) is 19.8 Å². The zero-order valence-corrected chi connectivity index (χ0v) is 8.01. The van der Waals surface area contributed by atoms with Crippen molar-refractivity contribution in [2.24, 2.45) is 5.92 Å². The standard InChI is InChI=1S/C10H18O2/c1-8(2)12-7-10(11)6-9-4-3-5-9/h8-9H,3-7H2,1-2H3. The first-order chi connectivity index (χ1) is 5.68. The third kappa shape index (κ3) is 3.35. The zero-order valence-electron chi connectivity index (χ0n) is 8.01. The fourth-order valence-corrected chi connectivity index (χ4v) is 1.34. The van der Waals surface area contributed by atoms with Crippen LogP contribution in [0.4, 0.5) is 0 Å². The van der Waals surface area contributed by atoms with Gasteiger partial charge >= 0.3 is 0 Å². The second-order valence-corrected chi connectivity index (χ2v) is 3.90. The Labute approximate surface area is 74.3 Å². The predicted molar refractivity (Wildman–Crippen MR) is 48.1 cm³/mol. The van der Waals surface area contributed by atoms with E-state index in [2.05, 4.69) is 0 Å². The first-order valence-corrected chi connectivity index (χ1v) is 4.82. The molecule has 2 nitrogen and oxygen atoms in total. The van der Waals surface area contributed by atoms with Crippen molar-refractivity contribution in [1.82, 2.24) is 0 Å². The topological polar surface area (TPSA) is 26.3 Å². The SMILES string of the molecule is CC(C)OCC(=O)CC1CCC1. The van der Waals surface area contributed by atoms with Crippen molar-refractivity contribution >= 4 is 5.78 Å². The molecule has 0 bridgehead atoms. The largest absolute Gasteiger partial charge is 0.371 e. The van der Waals surface area contributed by atoms with Gasteiger partial charge in [0.15, 0.2) is 5.78 Å². The van der Waals surface area contributed by atoms with Gasteiger partial charge in [-0.15, -0.1) is 0 Å². The molecule has 1 aliphatic rings. The second kappa shape index (κ2) is 4.61. The molecule has 0 atom stereocenters. The van der Waals surface area contributed by atoms with Crippen LogP contribution in [0.2, 0.25) is 0 Å². The fraction of sp³-hybridized carbons (Fsp3) is 0.900. The van der Waals surface area contributed by atoms with Gasteiger partial charge in [-0.2, -0.15) is 0 Å². The van der Waals surface area contributed by atoms with Crippen molar-refractivity contribution in [2.45, 2.75) is 45.6 Å². The molecule has 70 valence electrons. The van der Waals surface area contributed by atoms with Crippen molar-refractivity contribution in [3.05, 3.63) is 0 Å². The molecule has 1 fully saturated rings. The molecule has 0 radical (unpaired) electrons. The highest BCUT2D eigenvalue weighted by Crippen LogP contribution is 2.29. The monoisotopic (exact) mass is 170 g/mol. The molecule has 2 heteroatoms. The number of carbonyl (C=O) groups excluding carboxylic acids is 1. The third-order valence-corrected chi connectivity index (χ3v) is 2.32. The highest BCUT2D eigenvalue weighted by molar-refractivity contribution is 5.79. The van der Waals surface area contributed by atoms with E-state index in [1.54, 1.807) is 0 Å². The van der Waals surface area contributed by atoms with Crippen LogP contribution >= 0.6 is 0 Å². The molecule has 12 heavy (non-hydrogen) atoms. The minimum Gasteiger partial charge on any atom is -0.371 e. The Hall–Kier alpha value is -0.370. The van der Waals surface area contributed by atoms with Crippen molar-refractivity contribution in [3.8, 4) is 0 Å². The summed E-state index contributed by atoms with van der Waals surface area (Å²) in [5.74, 6) is 0.946. The van der Waals surface area contributed by atoms with E-state index < -0.39 is 0 Å². The molecule has 0 saturated heterocycles. The van der Waals surface area contributed by atoms with Crippen molar-refractivity contribution in [2.75, 3.05) is 6.61 Å². The molecule has 0 spiro atoms. The number of ether oxygens (including phenoxy) is 1. The van der Waals surface area contributed by atoms with Crippen molar-refractivity contribution < 1.29 is 9.53 Å². The number of hydrogen-bond donors (Lipinski definition) is 0. The predicted octanol–water partition coefficient (Wildman–Crippen LogP) is 2.17. The van der Waals surface area contributed by atoms with Crippen LogP contribution in [0.5, 0.6) is 0 Å². The molecule has 1 saturated carbocycles. The van der Waals surface area contributed by atoms with Crippen LogP contribution in [-0.2, 0) is 9.53 Å². The van der Waals surface area contributed by atoms with Crippen LogP contribution in [-0.4, -0.2) is 18.5 Å². The zero-order chi connectivity index (χ0) is 8.97. The molecular formula is C10H18O2. The van der Waals surface area contributed by atoms with Gasteiger partial charge in [0.25, 0.3) is 0 Å². The van der Waals surface area contributed by atoms with Gasteiger partial charge in [0.1, 0.15) is 6.61 Å². The van der Waals surface area contributed by atoms with E-state index >= 15 is 0 Å². The first kappa shape index (κ1) is 9.72. The molecule has 0 amide bonds. The Balaban J connectivity index is 2.03. The van der Waals surface area contributed by atoms with Crippen LogP contribution < -0.4 is 0 Å². The Morgan fingerprint density at radius 2 is 2.17 bits per heavy atom. The van der Waals surface area contributed by atoms with Crippen LogP contribution in [0, 0.1) is 5.92 Å². The Morgan fingerprint density at radius 1 is 1.50 bits per heavy atom. The van der Waals surface area contributed by atoms with Crippen LogP contribution in [0.1, 0.15) is 39.5 Å². The normalized spacial score (nSPS) is 17.9. The number of hydrogen-bond acceptors (Lipinski definition) is 2. The lowest BCUT2D eigenvalue weighted by atomic mass is 9.82. The molecule has 0 unspecified atom stereocenters. The summed E-state index contributed by atoms with van der Waals surface area (Å²) in [5, 5.41) is 0. The quantitative estimate of drug-likeness (QED) is 0.632. The maximum absolute atomic E-state index is 11.2. The Kier molecular flexibility index (Phi) is 3.73. The molecule has 0 aromatic heterocycles. The number of rotatable bonds is 5. The summed E-state index contributed by atoms with van der Waals surface area (Å²) in [6, 6.07) is 0. The minimum absolute atomic E-state index is 0.176. The van der Waals surface area contributed by atoms with Crippen molar-refractivity contribution in [3.63, 3.8) is 0 Å². The lowest BCUT2D eigenvalue weighted by molar-refractivity contribution is -0.126. The van der Waals surface area contributed by atoms with Gasteiger partial charge in [-0.1, -0.05) is 19.3 Å². The van der Waals surface area contributed by atoms with Gasteiger partial charge in [0, 0.05) is 6.42 Å². The summed E-state index contributed by atoms with van der Waals surface area (Å²) in [4.78, 5) is 11.2. The summed E-state index contributed by atoms with van der Waals surface area (Å²) in [5.41, 5.74) is 0. The van der Waals surface area contributed by atoms with E-state index in [1.807, 2.05) is 13.8 Å². The maximum Gasteiger partial charge on any atom is 0.158 e. The van der Waals surface area contributed by atoms with Gasteiger partial charge in [0.05, 0.1) is 6.10 Å². The van der Waals surface area contributed by atoms with Crippen LogP contribution in [0.25, 0.3) is 0 Å². The van der Waals surface area contributed by atoms with Gasteiger partial charge in [0.2, 0.25) is 0 Å². The highest BCUT2D eigenvalue weighted by atomic mass is 16.5.